The topological polar surface area (TPSA) is 41.1 Å². The van der Waals surface area contributed by atoms with Crippen molar-refractivity contribution >= 4 is 29.9 Å². The van der Waals surface area contributed by atoms with Crippen molar-refractivity contribution in [3.05, 3.63) is 46.5 Å². The van der Waals surface area contributed by atoms with Crippen LogP contribution in [0.2, 0.25) is 5.02 Å². The zero-order valence-corrected chi connectivity index (χ0v) is 14.8. The van der Waals surface area contributed by atoms with E-state index in [9.17, 15) is 4.79 Å². The van der Waals surface area contributed by atoms with Gasteiger partial charge in [0.2, 0.25) is 5.91 Å². The van der Waals surface area contributed by atoms with E-state index in [0.29, 0.717) is 6.54 Å². The second kappa shape index (κ2) is 8.18. The maximum atomic E-state index is 12.9. The lowest BCUT2D eigenvalue weighted by molar-refractivity contribution is -0.126. The molecule has 1 aliphatic carbocycles. The molecule has 1 aliphatic heterocycles. The van der Waals surface area contributed by atoms with Crippen LogP contribution in [-0.4, -0.2) is 25.5 Å². The minimum absolute atomic E-state index is 0. The molecule has 1 amide bonds. The summed E-state index contributed by atoms with van der Waals surface area (Å²) in [4.78, 5) is 12.9. The highest BCUT2D eigenvalue weighted by atomic mass is 35.5. The Morgan fingerprint density at radius 1 is 1.22 bits per heavy atom. The average molecular weight is 355 g/mol. The molecule has 1 aromatic carbocycles. The van der Waals surface area contributed by atoms with E-state index in [-0.39, 0.29) is 23.7 Å². The van der Waals surface area contributed by atoms with Crippen LogP contribution >= 0.6 is 24.0 Å². The number of carbonyl (C=O) groups is 1. The van der Waals surface area contributed by atoms with Gasteiger partial charge in [-0.25, -0.2) is 0 Å². The van der Waals surface area contributed by atoms with Crippen LogP contribution in [0.4, 0.5) is 0 Å². The Kier molecular flexibility index (Phi) is 6.51. The molecule has 0 radical (unpaired) electrons. The van der Waals surface area contributed by atoms with E-state index in [0.717, 1.165) is 55.8 Å². The van der Waals surface area contributed by atoms with Gasteiger partial charge in [0.05, 0.1) is 5.41 Å². The fourth-order valence-corrected chi connectivity index (χ4v) is 3.71. The minimum atomic E-state index is -0.363. The average Bonchev–Trinajstić information content (AvgIpc) is 3.05. The molecule has 3 rings (SSSR count). The minimum Gasteiger partial charge on any atom is -0.352 e. The van der Waals surface area contributed by atoms with Crippen LogP contribution in [0.3, 0.4) is 0 Å². The normalized spacial score (nSPS) is 19.6. The highest BCUT2D eigenvalue weighted by Gasteiger charge is 2.42. The molecular formula is C18H24Cl2N2O. The van der Waals surface area contributed by atoms with E-state index in [1.807, 2.05) is 24.3 Å². The third-order valence-electron chi connectivity index (χ3n) is 4.92. The fraction of sp³-hybridized carbons (Fsp3) is 0.500. The van der Waals surface area contributed by atoms with E-state index in [2.05, 4.69) is 16.7 Å². The highest BCUT2D eigenvalue weighted by molar-refractivity contribution is 6.30. The van der Waals surface area contributed by atoms with E-state index in [1.165, 1.54) is 5.57 Å². The zero-order valence-electron chi connectivity index (χ0n) is 13.2. The summed E-state index contributed by atoms with van der Waals surface area (Å²) in [6, 6.07) is 7.80. The van der Waals surface area contributed by atoms with Gasteiger partial charge in [0.15, 0.2) is 0 Å². The summed E-state index contributed by atoms with van der Waals surface area (Å²) in [5.41, 5.74) is 2.07. The monoisotopic (exact) mass is 354 g/mol. The van der Waals surface area contributed by atoms with Crippen molar-refractivity contribution in [2.75, 3.05) is 19.6 Å². The summed E-state index contributed by atoms with van der Waals surface area (Å²) in [5.74, 6) is 0.173. The molecule has 0 aromatic heterocycles. The van der Waals surface area contributed by atoms with E-state index >= 15 is 0 Å². The van der Waals surface area contributed by atoms with Crippen molar-refractivity contribution in [1.82, 2.24) is 10.6 Å². The molecule has 2 aliphatic rings. The van der Waals surface area contributed by atoms with Gasteiger partial charge in [-0.15, -0.1) is 12.4 Å². The molecule has 1 aromatic rings. The first kappa shape index (κ1) is 18.3. The van der Waals surface area contributed by atoms with Crippen molar-refractivity contribution < 1.29 is 4.79 Å². The molecule has 1 saturated carbocycles. The van der Waals surface area contributed by atoms with Gasteiger partial charge in [0.25, 0.3) is 0 Å². The van der Waals surface area contributed by atoms with Crippen LogP contribution in [0, 0.1) is 0 Å². The zero-order chi connectivity index (χ0) is 15.4. The lowest BCUT2D eigenvalue weighted by Crippen LogP contribution is -2.43. The molecular weight excluding hydrogens is 331 g/mol. The van der Waals surface area contributed by atoms with E-state index < -0.39 is 0 Å². The maximum Gasteiger partial charge on any atom is 0.230 e. The van der Waals surface area contributed by atoms with Crippen LogP contribution in [0.1, 0.15) is 37.7 Å². The Hall–Kier alpha value is -1.03. The summed E-state index contributed by atoms with van der Waals surface area (Å²) in [5, 5.41) is 7.19. The van der Waals surface area contributed by atoms with Crippen LogP contribution in [0.25, 0.3) is 0 Å². The Balaban J connectivity index is 0.00000192. The largest absolute Gasteiger partial charge is 0.352 e. The molecule has 2 N–H and O–H groups in total. The lowest BCUT2D eigenvalue weighted by atomic mass is 9.78. The third kappa shape index (κ3) is 4.09. The smallest absolute Gasteiger partial charge is 0.230 e. The molecule has 5 heteroatoms. The van der Waals surface area contributed by atoms with E-state index in [4.69, 9.17) is 11.6 Å². The molecule has 23 heavy (non-hydrogen) atoms. The second-order valence-electron chi connectivity index (χ2n) is 6.30. The Morgan fingerprint density at radius 2 is 1.91 bits per heavy atom. The summed E-state index contributed by atoms with van der Waals surface area (Å²) in [7, 11) is 0. The summed E-state index contributed by atoms with van der Waals surface area (Å²) in [6.07, 6.45) is 7.30. The first-order chi connectivity index (χ1) is 10.7. The third-order valence-corrected chi connectivity index (χ3v) is 5.17. The van der Waals surface area contributed by atoms with Gasteiger partial charge in [-0.1, -0.05) is 48.2 Å². The summed E-state index contributed by atoms with van der Waals surface area (Å²) < 4.78 is 0. The van der Waals surface area contributed by atoms with Crippen molar-refractivity contribution in [3.63, 3.8) is 0 Å². The van der Waals surface area contributed by atoms with Gasteiger partial charge in [0, 0.05) is 18.1 Å². The van der Waals surface area contributed by atoms with Gasteiger partial charge in [-0.2, -0.15) is 0 Å². The van der Waals surface area contributed by atoms with Crippen LogP contribution in [0.15, 0.2) is 35.9 Å². The van der Waals surface area contributed by atoms with Crippen LogP contribution < -0.4 is 10.6 Å². The molecule has 0 bridgehead atoms. The summed E-state index contributed by atoms with van der Waals surface area (Å²) >= 11 is 5.99. The van der Waals surface area contributed by atoms with Gasteiger partial charge < -0.3 is 10.6 Å². The number of rotatable bonds is 4. The van der Waals surface area contributed by atoms with Crippen molar-refractivity contribution in [1.29, 1.82) is 0 Å². The van der Waals surface area contributed by atoms with Crippen molar-refractivity contribution in [3.8, 4) is 0 Å². The maximum absolute atomic E-state index is 12.9. The molecule has 0 atom stereocenters. The Morgan fingerprint density at radius 3 is 2.52 bits per heavy atom. The lowest BCUT2D eigenvalue weighted by Gasteiger charge is -2.29. The van der Waals surface area contributed by atoms with Gasteiger partial charge >= 0.3 is 0 Å². The summed E-state index contributed by atoms with van der Waals surface area (Å²) in [6.45, 7) is 2.59. The molecule has 0 saturated heterocycles. The van der Waals surface area contributed by atoms with Crippen molar-refractivity contribution in [2.24, 2.45) is 0 Å². The number of nitrogens with one attached hydrogen (secondary N) is 2. The quantitative estimate of drug-likeness (QED) is 0.810. The molecule has 1 fully saturated rings. The van der Waals surface area contributed by atoms with Gasteiger partial charge in [-0.05, 0) is 43.5 Å². The van der Waals surface area contributed by atoms with Crippen molar-refractivity contribution in [2.45, 2.75) is 37.5 Å². The number of carbonyl (C=O) groups excluding carboxylic acids is 1. The molecule has 3 nitrogen and oxygen atoms in total. The number of hydrogen-bond donors (Lipinski definition) is 2. The number of benzene rings is 1. The van der Waals surface area contributed by atoms with Crippen LogP contribution in [-0.2, 0) is 10.2 Å². The van der Waals surface area contributed by atoms with Crippen LogP contribution in [0.5, 0.6) is 0 Å². The Labute approximate surface area is 149 Å². The van der Waals surface area contributed by atoms with Gasteiger partial charge in [-0.3, -0.25) is 4.79 Å². The molecule has 1 heterocycles. The van der Waals surface area contributed by atoms with Gasteiger partial charge in [0.1, 0.15) is 0 Å². The number of halogens is 2. The molecule has 0 spiro atoms. The molecule has 126 valence electrons. The molecule has 0 unspecified atom stereocenters. The number of amides is 1. The second-order valence-corrected chi connectivity index (χ2v) is 6.73. The standard InChI is InChI=1S/C18H23ClN2O.ClH/c19-16-5-3-15(4-6-16)18(9-1-2-10-18)17(22)21-13-14-7-11-20-12-8-14;/h3-7,20H,1-2,8-13H2,(H,21,22);1H. The Bertz CT molecular complexity index is 563. The SMILES string of the molecule is Cl.O=C(NCC1=CCNCC1)C1(c2ccc(Cl)cc2)CCCC1. The highest BCUT2D eigenvalue weighted by Crippen LogP contribution is 2.41. The van der Waals surface area contributed by atoms with E-state index in [1.54, 1.807) is 0 Å². The first-order valence-electron chi connectivity index (χ1n) is 8.14. The first-order valence-corrected chi connectivity index (χ1v) is 8.51. The number of hydrogen-bond acceptors (Lipinski definition) is 2. The fourth-order valence-electron chi connectivity index (χ4n) is 3.59. The predicted molar refractivity (Wildman–Crippen MR) is 97.4 cm³/mol. The predicted octanol–water partition coefficient (Wildman–Crippen LogP) is 3.61.